The second-order valence-corrected chi connectivity index (χ2v) is 8.10. The Labute approximate surface area is 175 Å². The first kappa shape index (κ1) is 20.8. The van der Waals surface area contributed by atoms with Crippen LogP contribution in [-0.4, -0.2) is 53.5 Å². The van der Waals surface area contributed by atoms with E-state index < -0.39 is 0 Å². The van der Waals surface area contributed by atoms with Gasteiger partial charge < -0.3 is 10.2 Å². The van der Waals surface area contributed by atoms with Gasteiger partial charge in [0.25, 0.3) is 0 Å². The third-order valence-electron chi connectivity index (χ3n) is 4.67. The van der Waals surface area contributed by atoms with Crippen molar-refractivity contribution in [1.29, 1.82) is 0 Å². The Balaban J connectivity index is 1.56. The minimum Gasteiger partial charge on any atom is -0.354 e. The molecule has 1 aromatic carbocycles. The van der Waals surface area contributed by atoms with Gasteiger partial charge in [-0.15, -0.1) is 0 Å². The van der Waals surface area contributed by atoms with Gasteiger partial charge in [0.1, 0.15) is 11.6 Å². The number of carbonyl (C=O) groups excluding carboxylic acids is 1. The molecule has 1 amide bonds. The minimum atomic E-state index is -0.122. The van der Waals surface area contributed by atoms with Crippen molar-refractivity contribution in [3.63, 3.8) is 0 Å². The van der Waals surface area contributed by atoms with Crippen LogP contribution in [0.15, 0.2) is 24.3 Å². The molecule has 8 heteroatoms. The van der Waals surface area contributed by atoms with E-state index >= 15 is 0 Å². The Hall–Kier alpha value is -1.89. The lowest BCUT2D eigenvalue weighted by molar-refractivity contribution is -0.117. The first-order valence-corrected chi connectivity index (χ1v) is 10.2. The zero-order valence-electron chi connectivity index (χ0n) is 16.4. The number of aryl methyl sites for hydroxylation is 1. The largest absolute Gasteiger partial charge is 0.354 e. The standard InChI is InChI=1S/C20H25Cl2N5O/c1-13(2)20-23-14(3)11-17(24-20)27-9-7-26(8-10-27)12-18(28)25-19-15(21)5-4-6-16(19)22/h4-6,11,13H,7-10,12H2,1-3H3,(H,25,28). The number of aromatic nitrogens is 2. The van der Waals surface area contributed by atoms with Gasteiger partial charge in [0.15, 0.2) is 0 Å². The van der Waals surface area contributed by atoms with Crippen molar-refractivity contribution in [2.24, 2.45) is 0 Å². The molecule has 1 N–H and O–H groups in total. The van der Waals surface area contributed by atoms with Crippen molar-refractivity contribution < 1.29 is 4.79 Å². The van der Waals surface area contributed by atoms with Crippen LogP contribution in [0.25, 0.3) is 0 Å². The molecule has 2 heterocycles. The number of rotatable bonds is 5. The van der Waals surface area contributed by atoms with E-state index in [2.05, 4.69) is 33.9 Å². The highest BCUT2D eigenvalue weighted by Crippen LogP contribution is 2.29. The molecule has 0 saturated carbocycles. The molecule has 28 heavy (non-hydrogen) atoms. The van der Waals surface area contributed by atoms with E-state index in [1.807, 2.05) is 13.0 Å². The molecular formula is C20H25Cl2N5O. The SMILES string of the molecule is Cc1cc(N2CCN(CC(=O)Nc3c(Cl)cccc3Cl)CC2)nc(C(C)C)n1. The molecule has 2 aromatic rings. The Morgan fingerprint density at radius 1 is 1.14 bits per heavy atom. The van der Waals surface area contributed by atoms with Crippen LogP contribution in [0.1, 0.15) is 31.3 Å². The van der Waals surface area contributed by atoms with Crippen LogP contribution in [0.3, 0.4) is 0 Å². The summed E-state index contributed by atoms with van der Waals surface area (Å²) < 4.78 is 0. The van der Waals surface area contributed by atoms with Crippen LogP contribution in [0.4, 0.5) is 11.5 Å². The van der Waals surface area contributed by atoms with Crippen molar-refractivity contribution in [3.8, 4) is 0 Å². The number of piperazine rings is 1. The number of nitrogens with one attached hydrogen (secondary N) is 1. The molecule has 1 saturated heterocycles. The summed E-state index contributed by atoms with van der Waals surface area (Å²) in [5.74, 6) is 2.00. The van der Waals surface area contributed by atoms with Crippen LogP contribution in [0.2, 0.25) is 10.0 Å². The van der Waals surface area contributed by atoms with E-state index in [0.717, 1.165) is 43.5 Å². The molecule has 0 radical (unpaired) electrons. The van der Waals surface area contributed by atoms with Gasteiger partial charge in [-0.3, -0.25) is 9.69 Å². The second kappa shape index (κ2) is 9.07. The summed E-state index contributed by atoms with van der Waals surface area (Å²) in [7, 11) is 0. The molecule has 6 nitrogen and oxygen atoms in total. The van der Waals surface area contributed by atoms with E-state index in [4.69, 9.17) is 28.2 Å². The smallest absolute Gasteiger partial charge is 0.238 e. The van der Waals surface area contributed by atoms with Crippen LogP contribution >= 0.6 is 23.2 Å². The third-order valence-corrected chi connectivity index (χ3v) is 5.30. The Kier molecular flexibility index (Phi) is 6.75. The molecule has 1 aliphatic heterocycles. The van der Waals surface area contributed by atoms with Crippen LogP contribution in [-0.2, 0) is 4.79 Å². The predicted molar refractivity (Wildman–Crippen MR) is 115 cm³/mol. The molecular weight excluding hydrogens is 397 g/mol. The first-order chi connectivity index (χ1) is 13.3. The molecule has 1 aliphatic rings. The number of para-hydroxylation sites is 1. The number of carbonyl (C=O) groups is 1. The molecule has 1 aromatic heterocycles. The number of benzene rings is 1. The van der Waals surface area contributed by atoms with Gasteiger partial charge in [0.2, 0.25) is 5.91 Å². The number of halogens is 2. The third kappa shape index (κ3) is 5.13. The molecule has 0 spiro atoms. The van der Waals surface area contributed by atoms with Crippen LogP contribution in [0, 0.1) is 6.92 Å². The van der Waals surface area contributed by atoms with Gasteiger partial charge in [-0.05, 0) is 19.1 Å². The van der Waals surface area contributed by atoms with Crippen molar-refractivity contribution in [2.45, 2.75) is 26.7 Å². The second-order valence-electron chi connectivity index (χ2n) is 7.29. The van der Waals surface area contributed by atoms with Crippen LogP contribution in [0.5, 0.6) is 0 Å². The van der Waals surface area contributed by atoms with Gasteiger partial charge in [0, 0.05) is 43.9 Å². The van der Waals surface area contributed by atoms with E-state index in [9.17, 15) is 4.79 Å². The molecule has 1 fully saturated rings. The highest BCUT2D eigenvalue weighted by Gasteiger charge is 2.21. The molecule has 3 rings (SSSR count). The van der Waals surface area contributed by atoms with E-state index in [1.54, 1.807) is 18.2 Å². The molecule has 0 bridgehead atoms. The van der Waals surface area contributed by atoms with E-state index in [1.165, 1.54) is 0 Å². The van der Waals surface area contributed by atoms with Crippen molar-refractivity contribution in [1.82, 2.24) is 14.9 Å². The summed E-state index contributed by atoms with van der Waals surface area (Å²) in [5.41, 5.74) is 1.44. The van der Waals surface area contributed by atoms with Crippen molar-refractivity contribution in [3.05, 3.63) is 45.8 Å². The maximum Gasteiger partial charge on any atom is 0.238 e. The monoisotopic (exact) mass is 421 g/mol. The van der Waals surface area contributed by atoms with Gasteiger partial charge in [-0.1, -0.05) is 43.1 Å². The Bertz CT molecular complexity index is 830. The van der Waals surface area contributed by atoms with Crippen molar-refractivity contribution >= 4 is 40.6 Å². The quantitative estimate of drug-likeness (QED) is 0.790. The Morgan fingerprint density at radius 2 is 1.79 bits per heavy atom. The predicted octanol–water partition coefficient (Wildman–Crippen LogP) is 3.98. The molecule has 0 unspecified atom stereocenters. The molecule has 0 aliphatic carbocycles. The van der Waals surface area contributed by atoms with Gasteiger partial charge in [-0.2, -0.15) is 0 Å². The maximum absolute atomic E-state index is 12.4. The zero-order valence-corrected chi connectivity index (χ0v) is 17.9. The lowest BCUT2D eigenvalue weighted by Gasteiger charge is -2.35. The summed E-state index contributed by atoms with van der Waals surface area (Å²) in [5, 5.41) is 3.69. The fourth-order valence-electron chi connectivity index (χ4n) is 3.13. The fraction of sp³-hybridized carbons (Fsp3) is 0.450. The summed E-state index contributed by atoms with van der Waals surface area (Å²) >= 11 is 12.2. The normalized spacial score (nSPS) is 15.1. The van der Waals surface area contributed by atoms with Crippen LogP contribution < -0.4 is 10.2 Å². The maximum atomic E-state index is 12.4. The number of amides is 1. The summed E-state index contributed by atoms with van der Waals surface area (Å²) in [6, 6.07) is 7.18. The summed E-state index contributed by atoms with van der Waals surface area (Å²) in [6.45, 7) is 9.68. The van der Waals surface area contributed by atoms with E-state index in [0.29, 0.717) is 28.2 Å². The van der Waals surface area contributed by atoms with Gasteiger partial charge in [-0.25, -0.2) is 9.97 Å². The van der Waals surface area contributed by atoms with E-state index in [-0.39, 0.29) is 5.91 Å². The topological polar surface area (TPSA) is 61.4 Å². The number of nitrogens with zero attached hydrogens (tertiary/aromatic N) is 4. The average molecular weight is 422 g/mol. The molecule has 150 valence electrons. The number of anilines is 2. The summed E-state index contributed by atoms with van der Waals surface area (Å²) in [6.07, 6.45) is 0. The Morgan fingerprint density at radius 3 is 2.39 bits per heavy atom. The van der Waals surface area contributed by atoms with Crippen molar-refractivity contribution in [2.75, 3.05) is 42.9 Å². The average Bonchev–Trinajstić information content (AvgIpc) is 2.65. The number of hydrogen-bond donors (Lipinski definition) is 1. The minimum absolute atomic E-state index is 0.122. The van der Waals surface area contributed by atoms with Gasteiger partial charge in [0.05, 0.1) is 22.3 Å². The summed E-state index contributed by atoms with van der Waals surface area (Å²) in [4.78, 5) is 26.0. The molecule has 0 atom stereocenters. The first-order valence-electron chi connectivity index (χ1n) is 9.40. The lowest BCUT2D eigenvalue weighted by atomic mass is 10.2. The zero-order chi connectivity index (χ0) is 20.3. The lowest BCUT2D eigenvalue weighted by Crippen LogP contribution is -2.49. The highest BCUT2D eigenvalue weighted by molar-refractivity contribution is 6.39. The fourth-order valence-corrected chi connectivity index (χ4v) is 3.62. The highest BCUT2D eigenvalue weighted by atomic mass is 35.5. The van der Waals surface area contributed by atoms with Gasteiger partial charge >= 0.3 is 0 Å². The number of hydrogen-bond acceptors (Lipinski definition) is 5.